The van der Waals surface area contributed by atoms with E-state index in [0.717, 1.165) is 30.5 Å². The molecular weight excluding hydrogens is 184 g/mol. The lowest BCUT2D eigenvalue weighted by Crippen LogP contribution is -2.58. The van der Waals surface area contributed by atoms with Gasteiger partial charge in [0, 0.05) is 25.2 Å². The van der Waals surface area contributed by atoms with Crippen LogP contribution in [0.1, 0.15) is 40.0 Å². The van der Waals surface area contributed by atoms with Crippen molar-refractivity contribution in [2.45, 2.75) is 52.1 Å². The second kappa shape index (κ2) is 4.84. The van der Waals surface area contributed by atoms with E-state index in [4.69, 9.17) is 0 Å². The summed E-state index contributed by atoms with van der Waals surface area (Å²) in [7, 11) is 0. The molecule has 0 amide bonds. The summed E-state index contributed by atoms with van der Waals surface area (Å²) in [5.74, 6) is 1.83. The van der Waals surface area contributed by atoms with Crippen molar-refractivity contribution in [2.75, 3.05) is 19.6 Å². The van der Waals surface area contributed by atoms with Gasteiger partial charge in [-0.15, -0.1) is 0 Å². The van der Waals surface area contributed by atoms with Gasteiger partial charge in [0.2, 0.25) is 0 Å². The van der Waals surface area contributed by atoms with Crippen molar-refractivity contribution in [1.82, 2.24) is 10.2 Å². The molecular formula is C13H26N2. The molecule has 2 fully saturated rings. The summed E-state index contributed by atoms with van der Waals surface area (Å²) in [4.78, 5) is 2.68. The molecule has 0 spiro atoms. The number of piperidine rings is 1. The molecule has 15 heavy (non-hydrogen) atoms. The minimum absolute atomic E-state index is 0.732. The van der Waals surface area contributed by atoms with E-state index in [1.165, 1.54) is 32.4 Å². The van der Waals surface area contributed by atoms with E-state index in [-0.39, 0.29) is 0 Å². The Bertz CT molecular complexity index is 189. The van der Waals surface area contributed by atoms with Gasteiger partial charge in [-0.25, -0.2) is 0 Å². The SMILES string of the molecule is CCNC1C2CCCC1CN(C(C)C)C2. The molecule has 88 valence electrons. The van der Waals surface area contributed by atoms with Gasteiger partial charge in [-0.05, 0) is 45.1 Å². The van der Waals surface area contributed by atoms with Crippen LogP contribution in [0.3, 0.4) is 0 Å². The molecule has 2 aliphatic rings. The van der Waals surface area contributed by atoms with E-state index in [1.54, 1.807) is 0 Å². The summed E-state index contributed by atoms with van der Waals surface area (Å²) >= 11 is 0. The summed E-state index contributed by atoms with van der Waals surface area (Å²) in [5.41, 5.74) is 0. The molecule has 1 aliphatic carbocycles. The fourth-order valence-corrected chi connectivity index (χ4v) is 3.46. The molecule has 0 radical (unpaired) electrons. The van der Waals surface area contributed by atoms with Crippen molar-refractivity contribution in [2.24, 2.45) is 11.8 Å². The van der Waals surface area contributed by atoms with E-state index in [0.29, 0.717) is 0 Å². The van der Waals surface area contributed by atoms with Crippen LogP contribution in [0.5, 0.6) is 0 Å². The van der Waals surface area contributed by atoms with Crippen molar-refractivity contribution in [3.05, 3.63) is 0 Å². The summed E-state index contributed by atoms with van der Waals surface area (Å²) < 4.78 is 0. The second-order valence-electron chi connectivity index (χ2n) is 5.58. The first-order chi connectivity index (χ1) is 7.22. The number of nitrogens with zero attached hydrogens (tertiary/aromatic N) is 1. The Labute approximate surface area is 94.4 Å². The van der Waals surface area contributed by atoms with Crippen LogP contribution in [-0.4, -0.2) is 36.6 Å². The van der Waals surface area contributed by atoms with Gasteiger partial charge in [-0.1, -0.05) is 13.3 Å². The molecule has 1 saturated heterocycles. The predicted molar refractivity (Wildman–Crippen MR) is 65.0 cm³/mol. The smallest absolute Gasteiger partial charge is 0.0148 e. The molecule has 1 N–H and O–H groups in total. The topological polar surface area (TPSA) is 15.3 Å². The molecule has 2 nitrogen and oxygen atoms in total. The Morgan fingerprint density at radius 2 is 1.80 bits per heavy atom. The quantitative estimate of drug-likeness (QED) is 0.767. The molecule has 1 saturated carbocycles. The van der Waals surface area contributed by atoms with E-state index in [2.05, 4.69) is 31.0 Å². The lowest BCUT2D eigenvalue weighted by molar-refractivity contribution is 0.0304. The Morgan fingerprint density at radius 1 is 1.20 bits per heavy atom. The minimum Gasteiger partial charge on any atom is -0.314 e. The third-order valence-electron chi connectivity index (χ3n) is 4.27. The summed E-state index contributed by atoms with van der Waals surface area (Å²) in [6, 6.07) is 1.55. The highest BCUT2D eigenvalue weighted by Gasteiger charge is 2.39. The zero-order valence-electron chi connectivity index (χ0n) is 10.5. The maximum Gasteiger partial charge on any atom is 0.0148 e. The van der Waals surface area contributed by atoms with E-state index < -0.39 is 0 Å². The lowest BCUT2D eigenvalue weighted by Gasteiger charge is -2.49. The third-order valence-corrected chi connectivity index (χ3v) is 4.27. The molecule has 1 heterocycles. The van der Waals surface area contributed by atoms with Crippen LogP contribution in [0.4, 0.5) is 0 Å². The average Bonchev–Trinajstić information content (AvgIpc) is 2.17. The maximum atomic E-state index is 3.72. The molecule has 2 bridgehead atoms. The lowest BCUT2D eigenvalue weighted by atomic mass is 9.73. The molecule has 0 aromatic carbocycles. The maximum absolute atomic E-state index is 3.72. The zero-order valence-corrected chi connectivity index (χ0v) is 10.5. The van der Waals surface area contributed by atoms with Crippen molar-refractivity contribution < 1.29 is 0 Å². The minimum atomic E-state index is 0.732. The van der Waals surface area contributed by atoms with Crippen LogP contribution < -0.4 is 5.32 Å². The Kier molecular flexibility index (Phi) is 3.68. The van der Waals surface area contributed by atoms with Crippen LogP contribution in [0.2, 0.25) is 0 Å². The standard InChI is InChI=1S/C13H26N2/c1-4-14-13-11-6-5-7-12(13)9-15(8-11)10(2)3/h10-14H,4-9H2,1-3H3. The van der Waals surface area contributed by atoms with Crippen molar-refractivity contribution in [3.8, 4) is 0 Å². The van der Waals surface area contributed by atoms with Crippen LogP contribution in [0, 0.1) is 11.8 Å². The van der Waals surface area contributed by atoms with Gasteiger partial charge in [0.05, 0.1) is 0 Å². The van der Waals surface area contributed by atoms with E-state index >= 15 is 0 Å². The van der Waals surface area contributed by atoms with Crippen molar-refractivity contribution in [1.29, 1.82) is 0 Å². The predicted octanol–water partition coefficient (Wildman–Crippen LogP) is 2.10. The highest BCUT2D eigenvalue weighted by molar-refractivity contribution is 4.95. The highest BCUT2D eigenvalue weighted by atomic mass is 15.2. The number of hydrogen-bond donors (Lipinski definition) is 1. The van der Waals surface area contributed by atoms with Gasteiger partial charge >= 0.3 is 0 Å². The van der Waals surface area contributed by atoms with Gasteiger partial charge in [-0.2, -0.15) is 0 Å². The van der Waals surface area contributed by atoms with Gasteiger partial charge in [0.25, 0.3) is 0 Å². The molecule has 0 aromatic rings. The van der Waals surface area contributed by atoms with Crippen LogP contribution in [-0.2, 0) is 0 Å². The van der Waals surface area contributed by atoms with Crippen LogP contribution >= 0.6 is 0 Å². The fourth-order valence-electron chi connectivity index (χ4n) is 3.46. The Hall–Kier alpha value is -0.0800. The number of rotatable bonds is 3. The molecule has 2 heteroatoms. The summed E-state index contributed by atoms with van der Waals surface area (Å²) in [6.45, 7) is 10.7. The third kappa shape index (κ3) is 2.36. The Morgan fingerprint density at radius 3 is 2.27 bits per heavy atom. The zero-order chi connectivity index (χ0) is 10.8. The van der Waals surface area contributed by atoms with E-state index in [9.17, 15) is 0 Å². The van der Waals surface area contributed by atoms with Crippen molar-refractivity contribution in [3.63, 3.8) is 0 Å². The number of nitrogens with one attached hydrogen (secondary N) is 1. The first-order valence-corrected chi connectivity index (χ1v) is 6.69. The largest absolute Gasteiger partial charge is 0.314 e. The second-order valence-corrected chi connectivity index (χ2v) is 5.58. The first-order valence-electron chi connectivity index (χ1n) is 6.69. The normalized spacial score (nSPS) is 37.2. The Balaban J connectivity index is 2.01. The summed E-state index contributed by atoms with van der Waals surface area (Å²) in [5, 5.41) is 3.72. The molecule has 0 aromatic heterocycles. The molecule has 2 unspecified atom stereocenters. The number of hydrogen-bond acceptors (Lipinski definition) is 2. The number of likely N-dealkylation sites (tertiary alicyclic amines) is 1. The van der Waals surface area contributed by atoms with Gasteiger partial charge in [0.1, 0.15) is 0 Å². The molecule has 2 atom stereocenters. The monoisotopic (exact) mass is 210 g/mol. The molecule has 1 aliphatic heterocycles. The molecule has 2 rings (SSSR count). The number of fused-ring (bicyclic) bond motifs is 2. The summed E-state index contributed by atoms with van der Waals surface area (Å²) in [6.07, 6.45) is 4.35. The first kappa shape index (κ1) is 11.4. The van der Waals surface area contributed by atoms with Gasteiger partial charge in [0.15, 0.2) is 0 Å². The van der Waals surface area contributed by atoms with E-state index in [1.807, 2.05) is 0 Å². The fraction of sp³-hybridized carbons (Fsp3) is 1.00. The van der Waals surface area contributed by atoms with Crippen LogP contribution in [0.25, 0.3) is 0 Å². The van der Waals surface area contributed by atoms with Gasteiger partial charge in [-0.3, -0.25) is 0 Å². The van der Waals surface area contributed by atoms with Crippen molar-refractivity contribution >= 4 is 0 Å². The highest BCUT2D eigenvalue weighted by Crippen LogP contribution is 2.35. The van der Waals surface area contributed by atoms with Crippen LogP contribution in [0.15, 0.2) is 0 Å². The van der Waals surface area contributed by atoms with Gasteiger partial charge < -0.3 is 10.2 Å². The average molecular weight is 210 g/mol.